The van der Waals surface area contributed by atoms with Gasteiger partial charge in [0.1, 0.15) is 0 Å². The Bertz CT molecular complexity index is 555. The van der Waals surface area contributed by atoms with Crippen LogP contribution in [-0.2, 0) is 11.2 Å². The molecule has 1 aromatic carbocycles. The number of ether oxygens (including phenoxy) is 3. The van der Waals surface area contributed by atoms with Crippen molar-refractivity contribution >= 4 is 5.91 Å². The van der Waals surface area contributed by atoms with E-state index in [2.05, 4.69) is 0 Å². The maximum absolute atomic E-state index is 11.9. The second kappa shape index (κ2) is 4.89. The summed E-state index contributed by atoms with van der Waals surface area (Å²) >= 11 is 0. The lowest BCUT2D eigenvalue weighted by atomic mass is 9.91. The van der Waals surface area contributed by atoms with Crippen molar-refractivity contribution in [3.63, 3.8) is 0 Å². The lowest BCUT2D eigenvalue weighted by molar-refractivity contribution is -0.129. The van der Waals surface area contributed by atoms with Crippen LogP contribution in [0.1, 0.15) is 30.0 Å². The Morgan fingerprint density at radius 3 is 2.50 bits per heavy atom. The van der Waals surface area contributed by atoms with Crippen LogP contribution in [0.25, 0.3) is 0 Å². The molecule has 0 unspecified atom stereocenters. The number of hydrogen-bond donors (Lipinski definition) is 0. The number of carbonyl (C=O) groups is 1. The molecule has 1 atom stereocenters. The molecule has 3 rings (SSSR count). The van der Waals surface area contributed by atoms with Gasteiger partial charge in [-0.15, -0.1) is 0 Å². The predicted octanol–water partition coefficient (Wildman–Crippen LogP) is 1.93. The number of amides is 1. The molecular formula is C15H19NO4. The van der Waals surface area contributed by atoms with Gasteiger partial charge in [0.2, 0.25) is 11.7 Å². The first-order chi connectivity index (χ1) is 9.71. The van der Waals surface area contributed by atoms with Crippen molar-refractivity contribution in [2.75, 3.05) is 27.9 Å². The van der Waals surface area contributed by atoms with Crippen LogP contribution in [0.3, 0.4) is 0 Å². The highest BCUT2D eigenvalue weighted by Crippen LogP contribution is 2.50. The third-order valence-electron chi connectivity index (χ3n) is 4.24. The molecule has 5 nitrogen and oxygen atoms in total. The molecule has 0 radical (unpaired) electrons. The monoisotopic (exact) mass is 277 g/mol. The quantitative estimate of drug-likeness (QED) is 0.847. The highest BCUT2D eigenvalue weighted by Gasteiger charge is 2.39. The molecule has 1 saturated heterocycles. The van der Waals surface area contributed by atoms with E-state index < -0.39 is 0 Å². The molecular weight excluding hydrogens is 258 g/mol. The van der Waals surface area contributed by atoms with Crippen molar-refractivity contribution in [1.82, 2.24) is 4.90 Å². The molecule has 2 aliphatic heterocycles. The van der Waals surface area contributed by atoms with Crippen molar-refractivity contribution < 1.29 is 19.0 Å². The fourth-order valence-corrected chi connectivity index (χ4v) is 3.36. The molecule has 2 heterocycles. The van der Waals surface area contributed by atoms with Gasteiger partial charge in [-0.1, -0.05) is 0 Å². The fraction of sp³-hybridized carbons (Fsp3) is 0.533. The van der Waals surface area contributed by atoms with Crippen LogP contribution in [0, 0.1) is 0 Å². The zero-order chi connectivity index (χ0) is 14.3. The molecule has 0 aromatic heterocycles. The predicted molar refractivity (Wildman–Crippen MR) is 73.5 cm³/mol. The van der Waals surface area contributed by atoms with E-state index in [-0.39, 0.29) is 11.9 Å². The number of nitrogens with zero attached hydrogens (tertiary/aromatic N) is 1. The molecule has 0 spiro atoms. The largest absolute Gasteiger partial charge is 0.493 e. The van der Waals surface area contributed by atoms with Crippen molar-refractivity contribution in [2.45, 2.75) is 25.3 Å². The van der Waals surface area contributed by atoms with E-state index in [0.29, 0.717) is 23.7 Å². The van der Waals surface area contributed by atoms with Gasteiger partial charge in [-0.25, -0.2) is 0 Å². The van der Waals surface area contributed by atoms with Crippen LogP contribution in [0.15, 0.2) is 6.07 Å². The van der Waals surface area contributed by atoms with Crippen LogP contribution < -0.4 is 14.2 Å². The van der Waals surface area contributed by atoms with Gasteiger partial charge in [0.15, 0.2) is 11.5 Å². The topological polar surface area (TPSA) is 48.0 Å². The van der Waals surface area contributed by atoms with E-state index in [1.54, 1.807) is 21.3 Å². The average molecular weight is 277 g/mol. The van der Waals surface area contributed by atoms with E-state index in [9.17, 15) is 4.79 Å². The van der Waals surface area contributed by atoms with E-state index >= 15 is 0 Å². The molecule has 1 fully saturated rings. The van der Waals surface area contributed by atoms with Crippen molar-refractivity contribution in [3.8, 4) is 17.2 Å². The lowest BCUT2D eigenvalue weighted by Crippen LogP contribution is -2.34. The van der Waals surface area contributed by atoms with E-state index in [1.807, 2.05) is 11.0 Å². The van der Waals surface area contributed by atoms with Gasteiger partial charge >= 0.3 is 0 Å². The molecule has 0 saturated carbocycles. The maximum atomic E-state index is 11.9. The number of fused-ring (bicyclic) bond motifs is 3. The Labute approximate surface area is 118 Å². The average Bonchev–Trinajstić information content (AvgIpc) is 2.86. The number of benzene rings is 1. The summed E-state index contributed by atoms with van der Waals surface area (Å²) in [6, 6.07) is 2.12. The third kappa shape index (κ3) is 1.72. The highest BCUT2D eigenvalue weighted by atomic mass is 16.5. The van der Waals surface area contributed by atoms with Gasteiger partial charge in [0.25, 0.3) is 0 Å². The SMILES string of the molecule is COc1cc2c(c(OC)c1OC)[C@@H]1CCC(=O)N1CC2. The Morgan fingerprint density at radius 2 is 1.85 bits per heavy atom. The minimum atomic E-state index is 0.112. The molecule has 2 aliphatic rings. The summed E-state index contributed by atoms with van der Waals surface area (Å²) in [6.45, 7) is 0.773. The van der Waals surface area contributed by atoms with Gasteiger partial charge in [-0.3, -0.25) is 4.79 Å². The third-order valence-corrected chi connectivity index (χ3v) is 4.24. The number of rotatable bonds is 3. The van der Waals surface area contributed by atoms with Gasteiger partial charge in [0.05, 0.1) is 27.4 Å². The minimum absolute atomic E-state index is 0.112. The zero-order valence-electron chi connectivity index (χ0n) is 12.1. The van der Waals surface area contributed by atoms with Gasteiger partial charge in [-0.2, -0.15) is 0 Å². The molecule has 1 aromatic rings. The first-order valence-electron chi connectivity index (χ1n) is 6.82. The Kier molecular flexibility index (Phi) is 3.20. The molecule has 0 N–H and O–H groups in total. The van der Waals surface area contributed by atoms with Crippen LogP contribution in [-0.4, -0.2) is 38.7 Å². The summed E-state index contributed by atoms with van der Waals surface area (Å²) in [5, 5.41) is 0. The van der Waals surface area contributed by atoms with Crippen molar-refractivity contribution in [1.29, 1.82) is 0 Å². The molecule has 108 valence electrons. The molecule has 0 bridgehead atoms. The molecule has 5 heteroatoms. The van der Waals surface area contributed by atoms with Crippen LogP contribution in [0.4, 0.5) is 0 Å². The smallest absolute Gasteiger partial charge is 0.223 e. The summed E-state index contributed by atoms with van der Waals surface area (Å²) in [6.07, 6.45) is 2.29. The Balaban J connectivity index is 2.18. The normalized spacial score (nSPS) is 20.4. The lowest BCUT2D eigenvalue weighted by Gasteiger charge is -2.34. The highest BCUT2D eigenvalue weighted by molar-refractivity contribution is 5.80. The minimum Gasteiger partial charge on any atom is -0.493 e. The van der Waals surface area contributed by atoms with E-state index in [1.165, 1.54) is 5.56 Å². The molecule has 20 heavy (non-hydrogen) atoms. The van der Waals surface area contributed by atoms with Gasteiger partial charge < -0.3 is 19.1 Å². The summed E-state index contributed by atoms with van der Waals surface area (Å²) < 4.78 is 16.4. The first kappa shape index (κ1) is 13.1. The fourth-order valence-electron chi connectivity index (χ4n) is 3.36. The number of carbonyl (C=O) groups excluding carboxylic acids is 1. The zero-order valence-corrected chi connectivity index (χ0v) is 12.1. The molecule has 0 aliphatic carbocycles. The van der Waals surface area contributed by atoms with Crippen molar-refractivity contribution in [3.05, 3.63) is 17.2 Å². The molecule has 1 amide bonds. The Morgan fingerprint density at radius 1 is 1.10 bits per heavy atom. The van der Waals surface area contributed by atoms with Crippen LogP contribution in [0.5, 0.6) is 17.2 Å². The first-order valence-corrected chi connectivity index (χ1v) is 6.82. The van der Waals surface area contributed by atoms with Gasteiger partial charge in [0, 0.05) is 18.5 Å². The summed E-state index contributed by atoms with van der Waals surface area (Å²) in [4.78, 5) is 13.9. The number of methoxy groups -OCH3 is 3. The Hall–Kier alpha value is -1.91. The number of hydrogen-bond acceptors (Lipinski definition) is 4. The van der Waals surface area contributed by atoms with E-state index in [0.717, 1.165) is 24.9 Å². The van der Waals surface area contributed by atoms with Gasteiger partial charge in [-0.05, 0) is 24.5 Å². The summed E-state index contributed by atoms with van der Waals surface area (Å²) in [5.74, 6) is 2.22. The van der Waals surface area contributed by atoms with Crippen LogP contribution in [0.2, 0.25) is 0 Å². The second-order valence-electron chi connectivity index (χ2n) is 5.11. The van der Waals surface area contributed by atoms with Crippen molar-refractivity contribution in [2.24, 2.45) is 0 Å². The standard InChI is InChI=1S/C15H19NO4/c1-18-11-8-9-6-7-16-10(4-5-12(16)17)13(9)15(20-3)14(11)19-2/h8,10H,4-7H2,1-3H3/t10-/m0/s1. The second-order valence-corrected chi connectivity index (χ2v) is 5.11. The summed E-state index contributed by atoms with van der Waals surface area (Å²) in [7, 11) is 4.86. The summed E-state index contributed by atoms with van der Waals surface area (Å²) in [5.41, 5.74) is 2.28. The van der Waals surface area contributed by atoms with Crippen LogP contribution >= 0.6 is 0 Å². The maximum Gasteiger partial charge on any atom is 0.223 e. The van der Waals surface area contributed by atoms with E-state index in [4.69, 9.17) is 14.2 Å².